The van der Waals surface area contributed by atoms with E-state index >= 15 is 0 Å². The normalized spacial score (nSPS) is 19.4. The maximum absolute atomic E-state index is 13.0. The van der Waals surface area contributed by atoms with Crippen LogP contribution in [0, 0.1) is 0 Å². The highest BCUT2D eigenvalue weighted by Gasteiger charge is 2.35. The molecule has 36 heavy (non-hydrogen) atoms. The monoisotopic (exact) mass is 534 g/mol. The van der Waals surface area contributed by atoms with E-state index in [0.29, 0.717) is 47.8 Å². The molecule has 2 aliphatic rings. The van der Waals surface area contributed by atoms with Crippen LogP contribution in [-0.4, -0.2) is 83.4 Å². The number of piperazine rings is 1. The zero-order valence-electron chi connectivity index (χ0n) is 20.5. The number of carbonyl (C=O) groups is 2. The highest BCUT2D eigenvalue weighted by molar-refractivity contribution is 6.32. The SMILES string of the molecule is CC[C@H]1CN(c2nc(N)c(C(=O)NC)nc2Cl)CCN1C1CCN(C(=O)c2ccc(Cl)cc2N)CC1. The summed E-state index contributed by atoms with van der Waals surface area (Å²) in [5.74, 6) is 0.0854. The standard InChI is InChI=1S/C24H32Cl2N8O2/c1-3-15-13-33(22-20(26)30-19(21(28)31-22)23(35)29-2)10-11-34(15)16-6-8-32(9-7-16)24(36)17-5-4-14(25)12-18(17)27/h4-5,12,15-16H,3,6-11,13,27H2,1-2H3,(H2,28,31)(H,29,35)/t15-/m0/s1. The molecule has 1 atom stereocenters. The molecule has 2 saturated heterocycles. The van der Waals surface area contributed by atoms with Gasteiger partial charge in [0.15, 0.2) is 22.5 Å². The topological polar surface area (TPSA) is 134 Å². The zero-order chi connectivity index (χ0) is 26.0. The molecular weight excluding hydrogens is 503 g/mol. The number of nitrogens with one attached hydrogen (secondary N) is 1. The van der Waals surface area contributed by atoms with E-state index in [1.807, 2.05) is 4.90 Å². The molecule has 3 heterocycles. The Morgan fingerprint density at radius 3 is 2.47 bits per heavy atom. The summed E-state index contributed by atoms with van der Waals surface area (Å²) in [6.07, 6.45) is 2.74. The quantitative estimate of drug-likeness (QED) is 0.498. The zero-order valence-corrected chi connectivity index (χ0v) is 22.0. The Balaban J connectivity index is 1.40. The summed E-state index contributed by atoms with van der Waals surface area (Å²) in [5.41, 5.74) is 13.0. The maximum atomic E-state index is 13.0. The average Bonchev–Trinajstić information content (AvgIpc) is 2.88. The van der Waals surface area contributed by atoms with Crippen molar-refractivity contribution < 1.29 is 9.59 Å². The molecule has 4 rings (SSSR count). The van der Waals surface area contributed by atoms with E-state index in [4.69, 9.17) is 34.7 Å². The minimum atomic E-state index is -0.423. The third-order valence-corrected chi connectivity index (χ3v) is 7.56. The second-order valence-electron chi connectivity index (χ2n) is 9.15. The van der Waals surface area contributed by atoms with Gasteiger partial charge in [0.25, 0.3) is 11.8 Å². The third kappa shape index (κ3) is 5.30. The summed E-state index contributed by atoms with van der Waals surface area (Å²) in [6, 6.07) is 5.67. The Labute approximate surface area is 220 Å². The minimum absolute atomic E-state index is 0.0265. The number of likely N-dealkylation sites (tertiary alicyclic amines) is 1. The van der Waals surface area contributed by atoms with E-state index in [1.54, 1.807) is 18.2 Å². The van der Waals surface area contributed by atoms with Gasteiger partial charge in [-0.3, -0.25) is 14.5 Å². The van der Waals surface area contributed by atoms with Gasteiger partial charge in [0, 0.05) is 62.6 Å². The first kappa shape index (κ1) is 26.2. The lowest BCUT2D eigenvalue weighted by Crippen LogP contribution is -2.58. The number of nitrogens with two attached hydrogens (primary N) is 2. The van der Waals surface area contributed by atoms with Crippen LogP contribution < -0.4 is 21.7 Å². The van der Waals surface area contributed by atoms with E-state index < -0.39 is 5.91 Å². The summed E-state index contributed by atoms with van der Waals surface area (Å²) in [4.78, 5) is 40.1. The van der Waals surface area contributed by atoms with E-state index in [1.165, 1.54) is 7.05 Å². The average molecular weight is 535 g/mol. The van der Waals surface area contributed by atoms with Gasteiger partial charge in [0.05, 0.1) is 5.56 Å². The van der Waals surface area contributed by atoms with Gasteiger partial charge in [-0.15, -0.1) is 0 Å². The first-order chi connectivity index (χ1) is 17.2. The largest absolute Gasteiger partial charge is 0.398 e. The van der Waals surface area contributed by atoms with E-state index in [9.17, 15) is 9.59 Å². The van der Waals surface area contributed by atoms with Crippen LogP contribution in [0.1, 0.15) is 47.0 Å². The van der Waals surface area contributed by atoms with Crippen LogP contribution in [0.15, 0.2) is 18.2 Å². The number of nitrogens with zero attached hydrogens (tertiary/aromatic N) is 5. The molecule has 12 heteroatoms. The van der Waals surface area contributed by atoms with Gasteiger partial charge in [0.2, 0.25) is 0 Å². The molecule has 0 unspecified atom stereocenters. The minimum Gasteiger partial charge on any atom is -0.398 e. The predicted molar refractivity (Wildman–Crippen MR) is 143 cm³/mol. The number of nitrogen functional groups attached to an aromatic ring is 2. The van der Waals surface area contributed by atoms with Crippen molar-refractivity contribution in [3.05, 3.63) is 39.6 Å². The van der Waals surface area contributed by atoms with Gasteiger partial charge in [-0.1, -0.05) is 30.1 Å². The Kier molecular flexibility index (Phi) is 8.07. The fourth-order valence-electron chi connectivity index (χ4n) is 5.11. The first-order valence-electron chi connectivity index (χ1n) is 12.1. The Hall–Kier alpha value is -2.82. The molecule has 0 saturated carbocycles. The molecular formula is C24H32Cl2N8O2. The highest BCUT2D eigenvalue weighted by atomic mass is 35.5. The van der Waals surface area contributed by atoms with Crippen LogP contribution in [0.3, 0.4) is 0 Å². The fraction of sp³-hybridized carbons (Fsp3) is 0.500. The summed E-state index contributed by atoms with van der Waals surface area (Å²) >= 11 is 12.4. The molecule has 2 aliphatic heterocycles. The molecule has 194 valence electrons. The van der Waals surface area contributed by atoms with Crippen LogP contribution in [0.5, 0.6) is 0 Å². The number of carbonyl (C=O) groups excluding carboxylic acids is 2. The molecule has 0 radical (unpaired) electrons. The molecule has 1 aromatic carbocycles. The lowest BCUT2D eigenvalue weighted by Gasteiger charge is -2.47. The van der Waals surface area contributed by atoms with E-state index in [0.717, 1.165) is 32.4 Å². The first-order valence-corrected chi connectivity index (χ1v) is 12.9. The van der Waals surface area contributed by atoms with Gasteiger partial charge in [-0.05, 0) is 37.5 Å². The van der Waals surface area contributed by atoms with Gasteiger partial charge in [-0.2, -0.15) is 0 Å². The fourth-order valence-corrected chi connectivity index (χ4v) is 5.54. The number of aromatic nitrogens is 2. The number of hydrogen-bond acceptors (Lipinski definition) is 8. The van der Waals surface area contributed by atoms with E-state index in [-0.39, 0.29) is 28.6 Å². The van der Waals surface area contributed by atoms with Crippen LogP contribution in [0.4, 0.5) is 17.3 Å². The van der Waals surface area contributed by atoms with Gasteiger partial charge < -0.3 is 26.6 Å². The highest BCUT2D eigenvalue weighted by Crippen LogP contribution is 2.30. The number of piperidine rings is 1. The van der Waals surface area contributed by atoms with Crippen molar-refractivity contribution in [1.82, 2.24) is 25.1 Å². The van der Waals surface area contributed by atoms with Gasteiger partial charge in [0.1, 0.15) is 0 Å². The summed E-state index contributed by atoms with van der Waals surface area (Å²) < 4.78 is 0. The van der Waals surface area contributed by atoms with Crippen molar-refractivity contribution in [2.45, 2.75) is 38.3 Å². The van der Waals surface area contributed by atoms with Crippen LogP contribution in [-0.2, 0) is 0 Å². The van der Waals surface area contributed by atoms with Crippen molar-refractivity contribution in [3.8, 4) is 0 Å². The van der Waals surface area contributed by atoms with Crippen LogP contribution in [0.25, 0.3) is 0 Å². The Morgan fingerprint density at radius 2 is 1.83 bits per heavy atom. The van der Waals surface area contributed by atoms with Crippen molar-refractivity contribution in [3.63, 3.8) is 0 Å². The summed E-state index contributed by atoms with van der Waals surface area (Å²) in [6.45, 7) is 5.79. The summed E-state index contributed by atoms with van der Waals surface area (Å²) in [5, 5.41) is 3.18. The number of rotatable bonds is 5. The second-order valence-corrected chi connectivity index (χ2v) is 9.95. The Morgan fingerprint density at radius 1 is 1.11 bits per heavy atom. The van der Waals surface area contributed by atoms with Crippen molar-refractivity contribution in [1.29, 1.82) is 0 Å². The van der Waals surface area contributed by atoms with Crippen LogP contribution >= 0.6 is 23.2 Å². The maximum Gasteiger partial charge on any atom is 0.273 e. The smallest absolute Gasteiger partial charge is 0.273 e. The number of halogens is 2. The van der Waals surface area contributed by atoms with Gasteiger partial charge >= 0.3 is 0 Å². The summed E-state index contributed by atoms with van der Waals surface area (Å²) in [7, 11) is 1.50. The molecule has 5 N–H and O–H groups in total. The molecule has 2 aromatic rings. The number of benzene rings is 1. The van der Waals surface area contributed by atoms with Crippen molar-refractivity contribution >= 4 is 52.3 Å². The lowest BCUT2D eigenvalue weighted by molar-refractivity contribution is 0.0491. The molecule has 10 nitrogen and oxygen atoms in total. The third-order valence-electron chi connectivity index (χ3n) is 7.07. The van der Waals surface area contributed by atoms with E-state index in [2.05, 4.69) is 32.0 Å². The second kappa shape index (κ2) is 11.1. The van der Waals surface area contributed by atoms with Gasteiger partial charge in [-0.25, -0.2) is 9.97 Å². The number of hydrogen-bond donors (Lipinski definition) is 3. The molecule has 0 spiro atoms. The van der Waals surface area contributed by atoms with Crippen molar-refractivity contribution in [2.24, 2.45) is 0 Å². The van der Waals surface area contributed by atoms with Crippen molar-refractivity contribution in [2.75, 3.05) is 56.1 Å². The Bertz CT molecular complexity index is 1140. The predicted octanol–water partition coefficient (Wildman–Crippen LogP) is 2.51. The molecule has 0 aliphatic carbocycles. The molecule has 0 bridgehead atoms. The number of anilines is 3. The number of amides is 2. The van der Waals surface area contributed by atoms with Crippen LogP contribution in [0.2, 0.25) is 10.2 Å². The molecule has 2 amide bonds. The lowest BCUT2D eigenvalue weighted by atomic mass is 9.97. The molecule has 2 fully saturated rings. The molecule has 1 aromatic heterocycles.